The van der Waals surface area contributed by atoms with E-state index in [-0.39, 0.29) is 24.8 Å². The summed E-state index contributed by atoms with van der Waals surface area (Å²) in [4.78, 5) is 2.57. The maximum absolute atomic E-state index is 6.31. The van der Waals surface area contributed by atoms with Crippen LogP contribution in [-0.4, -0.2) is 30.6 Å². The molecule has 3 aromatic carbocycles. The van der Waals surface area contributed by atoms with Crippen LogP contribution in [0.15, 0.2) is 60.7 Å². The van der Waals surface area contributed by atoms with Gasteiger partial charge in [0.25, 0.3) is 0 Å². The fourth-order valence-electron chi connectivity index (χ4n) is 4.31. The number of ether oxygens (including phenoxy) is 1. The molecule has 1 heterocycles. The molecule has 1 atom stereocenters. The molecule has 1 fully saturated rings. The number of hydrogen-bond donors (Lipinski definition) is 1. The predicted molar refractivity (Wildman–Crippen MR) is 136 cm³/mol. The second-order valence-electron chi connectivity index (χ2n) is 7.70. The number of likely N-dealkylation sites (N-methyl/N-ethyl adjacent to an activating group) is 1. The van der Waals surface area contributed by atoms with Crippen LogP contribution in [0.25, 0.3) is 10.8 Å². The van der Waals surface area contributed by atoms with Gasteiger partial charge in [-0.2, -0.15) is 0 Å². The number of fused-ring (bicyclic) bond motifs is 1. The number of hydrogen-bond acceptors (Lipinski definition) is 3. The third kappa shape index (κ3) is 6.27. The molecule has 0 spiro atoms. The van der Waals surface area contributed by atoms with Crippen LogP contribution in [-0.2, 0) is 13.2 Å². The van der Waals surface area contributed by atoms with Crippen molar-refractivity contribution in [1.82, 2.24) is 10.2 Å². The molecule has 0 saturated carbocycles. The van der Waals surface area contributed by atoms with Crippen molar-refractivity contribution in [2.75, 3.05) is 19.6 Å². The molecular formula is C25H31Cl3N2O. The molecule has 1 aliphatic heterocycles. The number of halogens is 3. The van der Waals surface area contributed by atoms with Gasteiger partial charge >= 0.3 is 0 Å². The molecule has 1 N–H and O–H groups in total. The summed E-state index contributed by atoms with van der Waals surface area (Å²) < 4.78 is 6.24. The summed E-state index contributed by atoms with van der Waals surface area (Å²) in [5.74, 6) is 0.926. The lowest BCUT2D eigenvalue weighted by Crippen LogP contribution is -2.37. The summed E-state index contributed by atoms with van der Waals surface area (Å²) in [5, 5.41) is 6.93. The van der Waals surface area contributed by atoms with E-state index in [2.05, 4.69) is 53.5 Å². The first-order valence-electron chi connectivity index (χ1n) is 10.6. The SMILES string of the molecule is CCN1CCCC1CNCc1c(OCc2ccccc2Cl)ccc2ccccc12.Cl.Cl. The van der Waals surface area contributed by atoms with Crippen molar-refractivity contribution in [3.8, 4) is 5.75 Å². The van der Waals surface area contributed by atoms with E-state index in [0.29, 0.717) is 12.6 Å². The van der Waals surface area contributed by atoms with Gasteiger partial charge in [-0.15, -0.1) is 24.8 Å². The fraction of sp³-hybridized carbons (Fsp3) is 0.360. The highest BCUT2D eigenvalue weighted by atomic mass is 35.5. The van der Waals surface area contributed by atoms with Crippen LogP contribution in [0.1, 0.15) is 30.9 Å². The van der Waals surface area contributed by atoms with Crippen molar-refractivity contribution in [3.63, 3.8) is 0 Å². The Morgan fingerprint density at radius 3 is 2.61 bits per heavy atom. The highest BCUT2D eigenvalue weighted by Gasteiger charge is 2.22. The van der Waals surface area contributed by atoms with Crippen LogP contribution in [0.2, 0.25) is 5.02 Å². The number of nitrogens with one attached hydrogen (secondary N) is 1. The maximum atomic E-state index is 6.31. The summed E-state index contributed by atoms with van der Waals surface area (Å²) >= 11 is 6.31. The molecule has 4 rings (SSSR count). The minimum Gasteiger partial charge on any atom is -0.488 e. The average Bonchev–Trinajstić information content (AvgIpc) is 3.21. The Morgan fingerprint density at radius 1 is 1.03 bits per heavy atom. The molecule has 1 unspecified atom stereocenters. The van der Waals surface area contributed by atoms with Crippen LogP contribution in [0, 0.1) is 0 Å². The van der Waals surface area contributed by atoms with Crippen molar-refractivity contribution in [2.45, 2.75) is 39.0 Å². The minimum absolute atomic E-state index is 0. The topological polar surface area (TPSA) is 24.5 Å². The van der Waals surface area contributed by atoms with Crippen LogP contribution >= 0.6 is 36.4 Å². The molecule has 31 heavy (non-hydrogen) atoms. The standard InChI is InChI=1S/C25H29ClN2O.2ClH/c1-2-28-15-7-10-21(28)16-27-17-23-22-11-5-3-8-19(22)13-14-25(23)29-18-20-9-4-6-12-24(20)26;;/h3-6,8-9,11-14,21,27H,2,7,10,15-18H2,1H3;2*1H. The Balaban J connectivity index is 0.00000171. The van der Waals surface area contributed by atoms with Gasteiger partial charge in [0, 0.05) is 35.3 Å². The molecular weight excluding hydrogens is 451 g/mol. The molecule has 0 aliphatic carbocycles. The van der Waals surface area contributed by atoms with E-state index in [1.54, 1.807) is 0 Å². The van der Waals surface area contributed by atoms with Crippen LogP contribution in [0.3, 0.4) is 0 Å². The van der Waals surface area contributed by atoms with Crippen LogP contribution in [0.5, 0.6) is 5.75 Å². The summed E-state index contributed by atoms with van der Waals surface area (Å²) in [5.41, 5.74) is 2.22. The van der Waals surface area contributed by atoms with Gasteiger partial charge in [-0.3, -0.25) is 4.90 Å². The highest BCUT2D eigenvalue weighted by molar-refractivity contribution is 6.31. The predicted octanol–water partition coefficient (Wildman–Crippen LogP) is 6.49. The van der Waals surface area contributed by atoms with E-state index < -0.39 is 0 Å². The second kappa shape index (κ2) is 12.5. The van der Waals surface area contributed by atoms with E-state index in [9.17, 15) is 0 Å². The van der Waals surface area contributed by atoms with E-state index >= 15 is 0 Å². The van der Waals surface area contributed by atoms with Crippen molar-refractivity contribution in [2.24, 2.45) is 0 Å². The van der Waals surface area contributed by atoms with Gasteiger partial charge in [-0.05, 0) is 48.8 Å². The lowest BCUT2D eigenvalue weighted by molar-refractivity contribution is 0.259. The highest BCUT2D eigenvalue weighted by Crippen LogP contribution is 2.29. The van der Waals surface area contributed by atoms with Gasteiger partial charge in [0.05, 0.1) is 0 Å². The summed E-state index contributed by atoms with van der Waals surface area (Å²) in [6.07, 6.45) is 2.59. The summed E-state index contributed by atoms with van der Waals surface area (Å²) in [6, 6.07) is 21.2. The lowest BCUT2D eigenvalue weighted by atomic mass is 10.0. The van der Waals surface area contributed by atoms with Gasteiger partial charge in [0.1, 0.15) is 12.4 Å². The molecule has 3 aromatic rings. The van der Waals surface area contributed by atoms with E-state index in [4.69, 9.17) is 16.3 Å². The number of rotatable bonds is 8. The quantitative estimate of drug-likeness (QED) is 0.398. The smallest absolute Gasteiger partial charge is 0.124 e. The zero-order chi connectivity index (χ0) is 20.1. The van der Waals surface area contributed by atoms with Crippen LogP contribution in [0.4, 0.5) is 0 Å². The zero-order valence-electron chi connectivity index (χ0n) is 17.9. The summed E-state index contributed by atoms with van der Waals surface area (Å²) in [7, 11) is 0. The molecule has 0 radical (unpaired) electrons. The average molecular weight is 482 g/mol. The molecule has 3 nitrogen and oxygen atoms in total. The number of benzene rings is 3. The second-order valence-corrected chi connectivity index (χ2v) is 8.11. The van der Waals surface area contributed by atoms with Crippen LogP contribution < -0.4 is 10.1 Å². The number of nitrogens with zero attached hydrogens (tertiary/aromatic N) is 1. The first-order valence-corrected chi connectivity index (χ1v) is 11.0. The van der Waals surface area contributed by atoms with E-state index in [0.717, 1.165) is 36.0 Å². The van der Waals surface area contributed by atoms with Crippen molar-refractivity contribution in [3.05, 3.63) is 76.8 Å². The monoisotopic (exact) mass is 480 g/mol. The largest absolute Gasteiger partial charge is 0.488 e. The van der Waals surface area contributed by atoms with Crippen molar-refractivity contribution >= 4 is 47.2 Å². The van der Waals surface area contributed by atoms with Gasteiger partial charge in [-0.1, -0.05) is 67.1 Å². The molecule has 6 heteroatoms. The normalized spacial score (nSPS) is 16.0. The van der Waals surface area contributed by atoms with Gasteiger partial charge in [-0.25, -0.2) is 0 Å². The van der Waals surface area contributed by atoms with Gasteiger partial charge in [0.15, 0.2) is 0 Å². The van der Waals surface area contributed by atoms with Crippen molar-refractivity contribution in [1.29, 1.82) is 0 Å². The lowest BCUT2D eigenvalue weighted by Gasteiger charge is -2.23. The van der Waals surface area contributed by atoms with E-state index in [1.807, 2.05) is 24.3 Å². The van der Waals surface area contributed by atoms with Gasteiger partial charge in [0.2, 0.25) is 0 Å². The Morgan fingerprint density at radius 2 is 1.81 bits per heavy atom. The summed E-state index contributed by atoms with van der Waals surface area (Å²) in [6.45, 7) is 6.89. The van der Waals surface area contributed by atoms with Gasteiger partial charge < -0.3 is 10.1 Å². The van der Waals surface area contributed by atoms with Crippen molar-refractivity contribution < 1.29 is 4.74 Å². The molecule has 0 amide bonds. The Hall–Kier alpha value is -1.49. The molecule has 1 aliphatic rings. The molecule has 1 saturated heterocycles. The minimum atomic E-state index is 0. The Bertz CT molecular complexity index is 966. The fourth-order valence-corrected chi connectivity index (χ4v) is 4.50. The zero-order valence-corrected chi connectivity index (χ0v) is 20.2. The molecule has 0 aromatic heterocycles. The molecule has 168 valence electrons. The first-order chi connectivity index (χ1) is 14.3. The Kier molecular flexibility index (Phi) is 10.4. The third-order valence-electron chi connectivity index (χ3n) is 5.93. The molecule has 0 bridgehead atoms. The first kappa shape index (κ1) is 25.8. The maximum Gasteiger partial charge on any atom is 0.124 e. The van der Waals surface area contributed by atoms with E-state index in [1.165, 1.54) is 35.7 Å². The Labute approximate surface area is 202 Å². The third-order valence-corrected chi connectivity index (χ3v) is 6.29. The number of likely N-dealkylation sites (tertiary alicyclic amines) is 1.